The normalized spacial score (nSPS) is 11.2. The smallest absolute Gasteiger partial charge is 0.313 e. The summed E-state index contributed by atoms with van der Waals surface area (Å²) >= 11 is 9.60. The van der Waals surface area contributed by atoms with Crippen molar-refractivity contribution >= 4 is 56.0 Å². The third kappa shape index (κ3) is 5.06. The first kappa shape index (κ1) is 24.9. The lowest BCUT2D eigenvalue weighted by molar-refractivity contribution is -0.385. The Labute approximate surface area is 215 Å². The van der Waals surface area contributed by atoms with Crippen LogP contribution in [0, 0.1) is 20.2 Å². The van der Waals surface area contributed by atoms with Crippen molar-refractivity contribution in [2.45, 2.75) is 13.3 Å². The van der Waals surface area contributed by atoms with Gasteiger partial charge in [-0.25, -0.2) is 9.97 Å². The molecule has 0 fully saturated rings. The van der Waals surface area contributed by atoms with E-state index in [2.05, 4.69) is 31.0 Å². The Morgan fingerprint density at radius 3 is 2.58 bits per heavy atom. The van der Waals surface area contributed by atoms with Crippen molar-refractivity contribution in [3.05, 3.63) is 100 Å². The van der Waals surface area contributed by atoms with Gasteiger partial charge in [0, 0.05) is 34.7 Å². The van der Waals surface area contributed by atoms with Crippen molar-refractivity contribution in [1.29, 1.82) is 0 Å². The molecule has 0 aliphatic rings. The van der Waals surface area contributed by atoms with Gasteiger partial charge in [0.2, 0.25) is 11.6 Å². The number of hydrogen-bond donors (Lipinski definition) is 0. The summed E-state index contributed by atoms with van der Waals surface area (Å²) < 4.78 is 7.28. The fourth-order valence-electron chi connectivity index (χ4n) is 3.22. The fourth-order valence-corrected chi connectivity index (χ4v) is 3.85. The lowest BCUT2D eigenvalue weighted by Gasteiger charge is -2.09. The molecule has 182 valence electrons. The summed E-state index contributed by atoms with van der Waals surface area (Å²) in [4.78, 5) is 42.4. The molecule has 0 unspecified atom stereocenters. The van der Waals surface area contributed by atoms with Gasteiger partial charge in [-0.1, -0.05) is 34.5 Å². The minimum absolute atomic E-state index is 0.125. The van der Waals surface area contributed by atoms with Gasteiger partial charge in [0.25, 0.3) is 11.2 Å². The first-order valence-corrected chi connectivity index (χ1v) is 11.4. The van der Waals surface area contributed by atoms with Crippen LogP contribution in [0.1, 0.15) is 18.3 Å². The van der Waals surface area contributed by atoms with E-state index in [1.807, 2.05) is 6.92 Å². The van der Waals surface area contributed by atoms with Crippen LogP contribution in [0.15, 0.2) is 63.0 Å². The Kier molecular flexibility index (Phi) is 7.03. The third-order valence-electron chi connectivity index (χ3n) is 4.90. The van der Waals surface area contributed by atoms with E-state index >= 15 is 0 Å². The Morgan fingerprint density at radius 2 is 1.94 bits per heavy atom. The number of fused-ring (bicyclic) bond motifs is 1. The molecule has 0 saturated heterocycles. The molecule has 0 aliphatic heterocycles. The van der Waals surface area contributed by atoms with Crippen LogP contribution in [-0.4, -0.2) is 30.7 Å². The molecular formula is C22H14BrClN6O6. The second-order valence-corrected chi connectivity index (χ2v) is 8.55. The highest BCUT2D eigenvalue weighted by Crippen LogP contribution is 2.38. The summed E-state index contributed by atoms with van der Waals surface area (Å²) in [5.74, 6) is -0.0285. The number of halogens is 2. The largest absolute Gasteiger partial charge is 0.430 e. The molecule has 0 bridgehead atoms. The summed E-state index contributed by atoms with van der Waals surface area (Å²) in [6, 6.07) is 9.99. The van der Waals surface area contributed by atoms with E-state index < -0.39 is 21.1 Å². The Bertz CT molecular complexity index is 1610. The molecule has 0 aliphatic carbocycles. The highest BCUT2D eigenvalue weighted by atomic mass is 79.9. The zero-order valence-electron chi connectivity index (χ0n) is 18.3. The third-order valence-corrected chi connectivity index (χ3v) is 5.67. The van der Waals surface area contributed by atoms with Gasteiger partial charge in [-0.2, -0.15) is 9.78 Å². The number of rotatable bonds is 7. The molecule has 0 amide bonds. The number of ether oxygens (including phenoxy) is 1. The SMILES string of the molecule is CCc1nc2ccc(Br)cc2c(=O)n1N=Cc1cc(Cl)c(Oc2ccc([N+](=O)[O-])cn2)c([N+](=O)[O-])c1. The lowest BCUT2D eigenvalue weighted by Crippen LogP contribution is -2.22. The molecule has 2 aromatic heterocycles. The maximum absolute atomic E-state index is 13.0. The molecule has 4 aromatic rings. The molecule has 12 nitrogen and oxygen atoms in total. The van der Waals surface area contributed by atoms with Gasteiger partial charge in [-0.15, -0.1) is 0 Å². The second kappa shape index (κ2) is 10.2. The monoisotopic (exact) mass is 572 g/mol. The maximum atomic E-state index is 13.0. The highest BCUT2D eigenvalue weighted by molar-refractivity contribution is 9.10. The standard InChI is InChI=1S/C22H14BrClN6O6/c1-2-19-27-17-5-3-13(23)9-15(17)22(31)28(19)26-10-12-7-16(24)21(18(8-12)30(34)35)36-20-6-4-14(11-25-20)29(32)33/h3-11H,2H2,1H3. The first-order chi connectivity index (χ1) is 17.2. The molecule has 4 rings (SSSR count). The van der Waals surface area contributed by atoms with Crippen LogP contribution >= 0.6 is 27.5 Å². The van der Waals surface area contributed by atoms with Gasteiger partial charge in [-0.3, -0.25) is 25.0 Å². The van der Waals surface area contributed by atoms with Crippen LogP contribution in [0.5, 0.6) is 11.6 Å². The summed E-state index contributed by atoms with van der Waals surface area (Å²) in [5.41, 5.74) is -0.427. The van der Waals surface area contributed by atoms with E-state index in [1.54, 1.807) is 18.2 Å². The van der Waals surface area contributed by atoms with Gasteiger partial charge >= 0.3 is 5.69 Å². The lowest BCUT2D eigenvalue weighted by atomic mass is 10.2. The number of nitro benzene ring substituents is 1. The number of pyridine rings is 1. The summed E-state index contributed by atoms with van der Waals surface area (Å²) in [7, 11) is 0. The van der Waals surface area contributed by atoms with Gasteiger partial charge in [-0.05, 0) is 24.3 Å². The van der Waals surface area contributed by atoms with Crippen LogP contribution in [0.4, 0.5) is 11.4 Å². The number of benzene rings is 2. The number of aromatic nitrogens is 3. The summed E-state index contributed by atoms with van der Waals surface area (Å²) in [6.45, 7) is 1.82. The minimum atomic E-state index is -0.706. The predicted molar refractivity (Wildman–Crippen MR) is 135 cm³/mol. The summed E-state index contributed by atoms with van der Waals surface area (Å²) in [5, 5.41) is 26.9. The first-order valence-electron chi connectivity index (χ1n) is 10.2. The zero-order valence-corrected chi connectivity index (χ0v) is 20.6. The molecule has 0 atom stereocenters. The number of nitrogens with zero attached hydrogens (tertiary/aromatic N) is 6. The fraction of sp³-hybridized carbons (Fsp3) is 0.0909. The molecule has 0 radical (unpaired) electrons. The van der Waals surface area contributed by atoms with E-state index in [9.17, 15) is 25.0 Å². The van der Waals surface area contributed by atoms with Crippen molar-refractivity contribution in [3.63, 3.8) is 0 Å². The molecule has 0 N–H and O–H groups in total. The number of hydrogen-bond acceptors (Lipinski definition) is 9. The van der Waals surface area contributed by atoms with Gasteiger partial charge in [0.05, 0.1) is 32.0 Å². The number of aryl methyl sites for hydroxylation is 1. The average molecular weight is 574 g/mol. The van der Waals surface area contributed by atoms with Gasteiger partial charge < -0.3 is 4.74 Å². The quantitative estimate of drug-likeness (QED) is 0.165. The predicted octanol–water partition coefficient (Wildman–Crippen LogP) is 5.26. The minimum Gasteiger partial charge on any atom is -0.430 e. The molecular weight excluding hydrogens is 560 g/mol. The van der Waals surface area contributed by atoms with E-state index in [4.69, 9.17) is 16.3 Å². The van der Waals surface area contributed by atoms with Crippen LogP contribution < -0.4 is 10.3 Å². The topological polar surface area (TPSA) is 156 Å². The van der Waals surface area contributed by atoms with E-state index in [-0.39, 0.29) is 27.9 Å². The Balaban J connectivity index is 1.73. The summed E-state index contributed by atoms with van der Waals surface area (Å²) in [6.07, 6.45) is 2.61. The van der Waals surface area contributed by atoms with Crippen LogP contribution in [-0.2, 0) is 6.42 Å². The van der Waals surface area contributed by atoms with Crippen LogP contribution in [0.3, 0.4) is 0 Å². The number of nitro groups is 2. The second-order valence-electron chi connectivity index (χ2n) is 7.23. The van der Waals surface area contributed by atoms with Crippen molar-refractivity contribution in [2.24, 2.45) is 5.10 Å². The maximum Gasteiger partial charge on any atom is 0.313 e. The molecule has 36 heavy (non-hydrogen) atoms. The highest BCUT2D eigenvalue weighted by Gasteiger charge is 2.22. The van der Waals surface area contributed by atoms with E-state index in [1.165, 1.54) is 18.3 Å². The zero-order chi connectivity index (χ0) is 26.0. The van der Waals surface area contributed by atoms with Crippen LogP contribution in [0.25, 0.3) is 10.9 Å². The molecule has 0 spiro atoms. The molecule has 2 heterocycles. The van der Waals surface area contributed by atoms with Crippen molar-refractivity contribution < 1.29 is 14.6 Å². The van der Waals surface area contributed by atoms with Crippen molar-refractivity contribution in [2.75, 3.05) is 0 Å². The van der Waals surface area contributed by atoms with Crippen LogP contribution in [0.2, 0.25) is 5.02 Å². The molecule has 0 saturated carbocycles. The van der Waals surface area contributed by atoms with E-state index in [0.717, 1.165) is 23.0 Å². The molecule has 2 aromatic carbocycles. The van der Waals surface area contributed by atoms with Crippen molar-refractivity contribution in [1.82, 2.24) is 14.6 Å². The average Bonchev–Trinajstić information content (AvgIpc) is 2.85. The molecule has 14 heteroatoms. The van der Waals surface area contributed by atoms with Gasteiger partial charge in [0.15, 0.2) is 0 Å². The van der Waals surface area contributed by atoms with Crippen molar-refractivity contribution in [3.8, 4) is 11.6 Å². The Hall–Kier alpha value is -4.23. The van der Waals surface area contributed by atoms with Gasteiger partial charge in [0.1, 0.15) is 12.0 Å². The Morgan fingerprint density at radius 1 is 1.17 bits per heavy atom. The van der Waals surface area contributed by atoms with E-state index in [0.29, 0.717) is 27.6 Å².